The van der Waals surface area contributed by atoms with Gasteiger partial charge in [0, 0.05) is 31.7 Å². The molecule has 0 aromatic heterocycles. The molecule has 6 nitrogen and oxygen atoms in total. The number of nitrogens with zero attached hydrogens (tertiary/aromatic N) is 2. The second kappa shape index (κ2) is 8.00. The Morgan fingerprint density at radius 3 is 2.26 bits per heavy atom. The topological polar surface area (TPSA) is 70.1 Å². The minimum atomic E-state index is -4.40. The SMILES string of the molecule is O=C1CCCN1C[C@]1(O)CC[C@]2(CCN(c3ccc(OCC(F)(F)F)cc3)C2=O)CC1. The van der Waals surface area contributed by atoms with Gasteiger partial charge < -0.3 is 19.6 Å². The lowest BCUT2D eigenvalue weighted by Gasteiger charge is -2.42. The number of ether oxygens (including phenoxy) is 1. The quantitative estimate of drug-likeness (QED) is 0.763. The van der Waals surface area contributed by atoms with E-state index in [2.05, 4.69) is 0 Å². The summed E-state index contributed by atoms with van der Waals surface area (Å²) in [6, 6.07) is 6.07. The smallest absolute Gasteiger partial charge is 0.422 e. The van der Waals surface area contributed by atoms with Gasteiger partial charge in [0.1, 0.15) is 5.75 Å². The second-order valence-corrected chi connectivity index (χ2v) is 9.03. The lowest BCUT2D eigenvalue weighted by molar-refractivity contribution is -0.153. The molecule has 4 rings (SSSR count). The number of hydrogen-bond donors (Lipinski definition) is 1. The van der Waals surface area contributed by atoms with Crippen molar-refractivity contribution in [1.29, 1.82) is 0 Å². The summed E-state index contributed by atoms with van der Waals surface area (Å²) >= 11 is 0. The van der Waals surface area contributed by atoms with Crippen molar-refractivity contribution in [1.82, 2.24) is 4.90 Å². The fraction of sp³-hybridized carbons (Fsp3) is 0.636. The molecule has 1 aromatic carbocycles. The molecule has 1 N–H and O–H groups in total. The summed E-state index contributed by atoms with van der Waals surface area (Å²) in [6.07, 6.45) is -0.292. The average Bonchev–Trinajstić information content (AvgIpc) is 3.26. The highest BCUT2D eigenvalue weighted by atomic mass is 19.4. The molecule has 170 valence electrons. The Kier molecular flexibility index (Phi) is 5.66. The van der Waals surface area contributed by atoms with Crippen molar-refractivity contribution in [2.24, 2.45) is 5.41 Å². The zero-order valence-electron chi connectivity index (χ0n) is 17.3. The molecule has 1 spiro atoms. The standard InChI is InChI=1S/C22H27F3N2O4/c23-22(24,25)15-31-17-5-3-16(4-6-17)27-13-11-20(19(27)29)7-9-21(30,10-8-20)14-26-12-1-2-18(26)28/h3-6,30H,1-2,7-15H2/t20-,21+. The van der Waals surface area contributed by atoms with Crippen LogP contribution in [0.3, 0.4) is 0 Å². The van der Waals surface area contributed by atoms with Crippen LogP contribution in [0.4, 0.5) is 18.9 Å². The van der Waals surface area contributed by atoms with Gasteiger partial charge in [0.2, 0.25) is 11.8 Å². The van der Waals surface area contributed by atoms with Crippen LogP contribution in [-0.4, -0.2) is 59.8 Å². The van der Waals surface area contributed by atoms with E-state index in [0.717, 1.165) is 6.42 Å². The molecule has 1 aliphatic carbocycles. The summed E-state index contributed by atoms with van der Waals surface area (Å²) in [6.45, 7) is 0.190. The number of carbonyl (C=O) groups is 2. The van der Waals surface area contributed by atoms with Gasteiger partial charge in [0.15, 0.2) is 6.61 Å². The van der Waals surface area contributed by atoms with Crippen molar-refractivity contribution in [3.05, 3.63) is 24.3 Å². The first kappa shape index (κ1) is 21.9. The number of benzene rings is 1. The molecule has 0 unspecified atom stereocenters. The predicted octanol–water partition coefficient (Wildman–Crippen LogP) is 3.28. The molecular formula is C22H27F3N2O4. The Labute approximate surface area is 179 Å². The number of β-amino-alcohol motifs (C(OH)–C–C–N with tert-alkyl or cyclic N) is 1. The average molecular weight is 440 g/mol. The maximum absolute atomic E-state index is 13.2. The van der Waals surface area contributed by atoms with Crippen LogP contribution in [0.1, 0.15) is 44.9 Å². The fourth-order valence-electron chi connectivity index (χ4n) is 5.00. The van der Waals surface area contributed by atoms with E-state index in [1.165, 1.54) is 12.1 Å². The van der Waals surface area contributed by atoms with Gasteiger partial charge in [-0.3, -0.25) is 9.59 Å². The molecule has 0 radical (unpaired) electrons. The predicted molar refractivity (Wildman–Crippen MR) is 107 cm³/mol. The number of anilines is 1. The van der Waals surface area contributed by atoms with Crippen LogP contribution in [-0.2, 0) is 9.59 Å². The number of alkyl halides is 3. The van der Waals surface area contributed by atoms with Gasteiger partial charge in [-0.25, -0.2) is 0 Å². The lowest BCUT2D eigenvalue weighted by Crippen LogP contribution is -2.49. The van der Waals surface area contributed by atoms with Crippen LogP contribution < -0.4 is 9.64 Å². The molecule has 2 heterocycles. The zero-order chi connectivity index (χ0) is 22.3. The van der Waals surface area contributed by atoms with Crippen molar-refractivity contribution in [3.63, 3.8) is 0 Å². The highest BCUT2D eigenvalue weighted by Gasteiger charge is 2.52. The molecule has 31 heavy (non-hydrogen) atoms. The number of carbonyl (C=O) groups excluding carboxylic acids is 2. The summed E-state index contributed by atoms with van der Waals surface area (Å²) in [5.41, 5.74) is -0.840. The minimum absolute atomic E-state index is 0.00393. The summed E-state index contributed by atoms with van der Waals surface area (Å²) in [4.78, 5) is 28.5. The number of amides is 2. The Morgan fingerprint density at radius 1 is 1.00 bits per heavy atom. The highest BCUT2D eigenvalue weighted by molar-refractivity contribution is 6.00. The molecule has 2 aliphatic heterocycles. The zero-order valence-corrected chi connectivity index (χ0v) is 17.3. The maximum atomic E-state index is 13.2. The summed E-state index contributed by atoms with van der Waals surface area (Å²) in [5.74, 6) is 0.178. The van der Waals surface area contributed by atoms with Crippen molar-refractivity contribution in [2.75, 3.05) is 31.1 Å². The second-order valence-electron chi connectivity index (χ2n) is 9.03. The van der Waals surface area contributed by atoms with E-state index in [0.29, 0.717) is 63.8 Å². The molecule has 1 aromatic rings. The van der Waals surface area contributed by atoms with Gasteiger partial charge in [0.05, 0.1) is 11.0 Å². The largest absolute Gasteiger partial charge is 0.484 e. The molecule has 2 amide bonds. The monoisotopic (exact) mass is 440 g/mol. The van der Waals surface area contributed by atoms with Crippen LogP contribution in [0.25, 0.3) is 0 Å². The lowest BCUT2D eigenvalue weighted by atomic mass is 9.67. The molecule has 0 atom stereocenters. The molecule has 3 fully saturated rings. The van der Waals surface area contributed by atoms with Crippen LogP contribution in [0.2, 0.25) is 0 Å². The maximum Gasteiger partial charge on any atom is 0.422 e. The molecule has 1 saturated carbocycles. The van der Waals surface area contributed by atoms with Gasteiger partial charge in [-0.1, -0.05) is 0 Å². The molecule has 2 saturated heterocycles. The number of likely N-dealkylation sites (tertiary alicyclic amines) is 1. The van der Waals surface area contributed by atoms with E-state index in [1.807, 2.05) is 0 Å². The fourth-order valence-corrected chi connectivity index (χ4v) is 5.00. The Hall–Kier alpha value is -2.29. The van der Waals surface area contributed by atoms with Crippen molar-refractivity contribution in [2.45, 2.75) is 56.7 Å². The van der Waals surface area contributed by atoms with E-state index in [4.69, 9.17) is 4.74 Å². The molecule has 9 heteroatoms. The normalized spacial score (nSPS) is 29.3. The van der Waals surface area contributed by atoms with Crippen molar-refractivity contribution in [3.8, 4) is 5.75 Å². The first-order valence-electron chi connectivity index (χ1n) is 10.7. The first-order valence-corrected chi connectivity index (χ1v) is 10.7. The molecule has 3 aliphatic rings. The van der Waals surface area contributed by atoms with Crippen LogP contribution in [0.5, 0.6) is 5.75 Å². The van der Waals surface area contributed by atoms with Crippen molar-refractivity contribution < 1.29 is 32.6 Å². The van der Waals surface area contributed by atoms with E-state index in [-0.39, 0.29) is 17.6 Å². The Morgan fingerprint density at radius 2 is 1.68 bits per heavy atom. The highest BCUT2D eigenvalue weighted by Crippen LogP contribution is 2.49. The molecular weight excluding hydrogens is 413 g/mol. The number of aliphatic hydroxyl groups is 1. The van der Waals surface area contributed by atoms with Gasteiger partial charge in [0.25, 0.3) is 0 Å². The van der Waals surface area contributed by atoms with E-state index < -0.39 is 23.8 Å². The summed E-state index contributed by atoms with van der Waals surface area (Å²) < 4.78 is 41.6. The first-order chi connectivity index (χ1) is 14.6. The number of rotatable bonds is 5. The minimum Gasteiger partial charge on any atom is -0.484 e. The number of halogens is 3. The van der Waals surface area contributed by atoms with Gasteiger partial charge in [-0.2, -0.15) is 13.2 Å². The Balaban J connectivity index is 1.36. The summed E-state index contributed by atoms with van der Waals surface area (Å²) in [5, 5.41) is 11.0. The third-order valence-corrected chi connectivity index (χ3v) is 6.86. The van der Waals surface area contributed by atoms with Crippen LogP contribution >= 0.6 is 0 Å². The summed E-state index contributed by atoms with van der Waals surface area (Å²) in [7, 11) is 0. The van der Waals surface area contributed by atoms with Gasteiger partial charge in [-0.15, -0.1) is 0 Å². The van der Waals surface area contributed by atoms with E-state index in [1.54, 1.807) is 21.9 Å². The number of hydrogen-bond acceptors (Lipinski definition) is 4. The third-order valence-electron chi connectivity index (χ3n) is 6.86. The van der Waals surface area contributed by atoms with Gasteiger partial charge in [-0.05, 0) is 62.8 Å². The van der Waals surface area contributed by atoms with Crippen molar-refractivity contribution >= 4 is 17.5 Å². The van der Waals surface area contributed by atoms with Crippen LogP contribution in [0.15, 0.2) is 24.3 Å². The van der Waals surface area contributed by atoms with E-state index in [9.17, 15) is 27.9 Å². The third kappa shape index (κ3) is 4.66. The molecule has 0 bridgehead atoms. The van der Waals surface area contributed by atoms with E-state index >= 15 is 0 Å². The van der Waals surface area contributed by atoms with Crippen LogP contribution in [0, 0.1) is 5.41 Å². The van der Waals surface area contributed by atoms with Gasteiger partial charge >= 0.3 is 6.18 Å². The Bertz CT molecular complexity index is 832.